The van der Waals surface area contributed by atoms with E-state index in [2.05, 4.69) is 10.3 Å². The summed E-state index contributed by atoms with van der Waals surface area (Å²) in [6.45, 7) is 1.39. The second kappa shape index (κ2) is 9.03. The third-order valence-electron chi connectivity index (χ3n) is 5.84. The van der Waals surface area contributed by atoms with Gasteiger partial charge in [-0.25, -0.2) is 0 Å². The molecule has 9 nitrogen and oxygen atoms in total. The number of fused-ring (bicyclic) bond motifs is 1. The van der Waals surface area contributed by atoms with Crippen LogP contribution in [0.25, 0.3) is 11.0 Å². The van der Waals surface area contributed by atoms with Crippen molar-refractivity contribution in [2.24, 2.45) is 0 Å². The van der Waals surface area contributed by atoms with Crippen molar-refractivity contribution in [2.75, 3.05) is 17.3 Å². The lowest BCUT2D eigenvalue weighted by Gasteiger charge is -2.26. The first-order chi connectivity index (χ1) is 17.4. The molecule has 1 aliphatic heterocycles. The number of carbonyl (C=O) groups excluding carboxylic acids is 3. The second-order valence-corrected chi connectivity index (χ2v) is 8.14. The standard InChI is InChI=1S/C27H21N3O6/c1-15(31)29-17-9-11-18(12-10-17)30-23(19-7-3-4-13-28-19)22(25(33)27(30)34)24(32)21-14-16-6-5-8-20(35-2)26(16)36-21/h3-14,23,33H,1-2H3,(H,29,31). The molecule has 3 heterocycles. The molecule has 9 heteroatoms. The summed E-state index contributed by atoms with van der Waals surface area (Å²) in [6, 6.07) is 17.4. The van der Waals surface area contributed by atoms with Gasteiger partial charge in [-0.05, 0) is 48.5 Å². The minimum absolute atomic E-state index is 0.0485. The fourth-order valence-corrected chi connectivity index (χ4v) is 4.27. The lowest BCUT2D eigenvalue weighted by atomic mass is 9.98. The molecule has 0 aliphatic carbocycles. The molecule has 0 radical (unpaired) electrons. The van der Waals surface area contributed by atoms with Gasteiger partial charge in [0.05, 0.1) is 18.4 Å². The molecule has 36 heavy (non-hydrogen) atoms. The number of ketones is 1. The SMILES string of the molecule is COc1cccc2cc(C(=O)C3=C(O)C(=O)N(c4ccc(NC(C)=O)cc4)C3c3ccccn3)oc12. The number of aliphatic hydroxyl groups excluding tert-OH is 1. The van der Waals surface area contributed by atoms with E-state index in [1.165, 1.54) is 18.9 Å². The number of benzene rings is 2. The Morgan fingerprint density at radius 1 is 1.08 bits per heavy atom. The number of nitrogens with one attached hydrogen (secondary N) is 1. The largest absolute Gasteiger partial charge is 0.503 e. The van der Waals surface area contributed by atoms with Crippen molar-refractivity contribution in [1.82, 2.24) is 4.98 Å². The molecule has 0 bridgehead atoms. The summed E-state index contributed by atoms with van der Waals surface area (Å²) in [5.74, 6) is -1.92. The fourth-order valence-electron chi connectivity index (χ4n) is 4.27. The number of pyridine rings is 1. The topological polar surface area (TPSA) is 122 Å². The molecule has 1 unspecified atom stereocenters. The normalized spacial score (nSPS) is 15.4. The number of hydrogen-bond acceptors (Lipinski definition) is 7. The maximum Gasteiger partial charge on any atom is 0.294 e. The predicted octanol–water partition coefficient (Wildman–Crippen LogP) is 4.58. The summed E-state index contributed by atoms with van der Waals surface area (Å²) in [4.78, 5) is 44.0. The Labute approximate surface area is 205 Å². The number of carbonyl (C=O) groups is 3. The van der Waals surface area contributed by atoms with E-state index in [0.717, 1.165) is 0 Å². The number of nitrogens with zero attached hydrogens (tertiary/aromatic N) is 2. The average molecular weight is 483 g/mol. The summed E-state index contributed by atoms with van der Waals surface area (Å²) in [6.07, 6.45) is 1.54. The Morgan fingerprint density at radius 3 is 2.53 bits per heavy atom. The van der Waals surface area contributed by atoms with Crippen molar-refractivity contribution < 1.29 is 28.6 Å². The van der Waals surface area contributed by atoms with Crippen LogP contribution in [0, 0.1) is 0 Å². The van der Waals surface area contributed by atoms with Gasteiger partial charge in [-0.3, -0.25) is 24.3 Å². The highest BCUT2D eigenvalue weighted by Crippen LogP contribution is 2.42. The maximum atomic E-state index is 13.7. The van der Waals surface area contributed by atoms with E-state index in [1.807, 2.05) is 0 Å². The zero-order chi connectivity index (χ0) is 25.4. The van der Waals surface area contributed by atoms with Gasteiger partial charge in [0, 0.05) is 29.9 Å². The van der Waals surface area contributed by atoms with Crippen molar-refractivity contribution in [2.45, 2.75) is 13.0 Å². The number of aliphatic hydroxyl groups is 1. The van der Waals surface area contributed by atoms with Crippen molar-refractivity contribution >= 4 is 39.9 Å². The smallest absolute Gasteiger partial charge is 0.294 e. The molecule has 0 saturated carbocycles. The highest BCUT2D eigenvalue weighted by atomic mass is 16.5. The van der Waals surface area contributed by atoms with E-state index in [-0.39, 0.29) is 17.2 Å². The van der Waals surface area contributed by atoms with E-state index in [0.29, 0.717) is 33.8 Å². The number of para-hydroxylation sites is 1. The Hall–Kier alpha value is -4.92. The molecular weight excluding hydrogens is 462 g/mol. The number of Topliss-reactive ketones (excluding diaryl/α,β-unsaturated/α-hetero) is 1. The first kappa shape index (κ1) is 22.9. The molecule has 0 spiro atoms. The van der Waals surface area contributed by atoms with Crippen LogP contribution in [0.1, 0.15) is 29.2 Å². The van der Waals surface area contributed by atoms with Crippen LogP contribution in [0.5, 0.6) is 5.75 Å². The van der Waals surface area contributed by atoms with Gasteiger partial charge in [0.25, 0.3) is 5.91 Å². The number of aromatic nitrogens is 1. The summed E-state index contributed by atoms with van der Waals surface area (Å²) in [7, 11) is 1.50. The van der Waals surface area contributed by atoms with Crippen LogP contribution >= 0.6 is 0 Å². The Bertz CT molecular complexity index is 1520. The van der Waals surface area contributed by atoms with Gasteiger partial charge in [0.15, 0.2) is 22.9 Å². The first-order valence-electron chi connectivity index (χ1n) is 11.1. The molecule has 180 valence electrons. The van der Waals surface area contributed by atoms with Gasteiger partial charge < -0.3 is 19.6 Å². The Morgan fingerprint density at radius 2 is 1.86 bits per heavy atom. The van der Waals surface area contributed by atoms with Gasteiger partial charge in [-0.1, -0.05) is 18.2 Å². The van der Waals surface area contributed by atoms with Gasteiger partial charge in [0.1, 0.15) is 6.04 Å². The molecular formula is C27H21N3O6. The number of methoxy groups -OCH3 is 1. The number of anilines is 2. The highest BCUT2D eigenvalue weighted by molar-refractivity contribution is 6.20. The summed E-state index contributed by atoms with van der Waals surface area (Å²) < 4.78 is 11.1. The number of ether oxygens (including phenoxy) is 1. The predicted molar refractivity (Wildman–Crippen MR) is 132 cm³/mol. The van der Waals surface area contributed by atoms with Crippen molar-refractivity contribution in [3.8, 4) is 5.75 Å². The number of amides is 2. The third-order valence-corrected chi connectivity index (χ3v) is 5.84. The monoisotopic (exact) mass is 483 g/mol. The van der Waals surface area contributed by atoms with E-state index in [1.54, 1.807) is 72.9 Å². The Balaban J connectivity index is 1.60. The average Bonchev–Trinajstić information content (AvgIpc) is 3.43. The van der Waals surface area contributed by atoms with Crippen LogP contribution in [0.3, 0.4) is 0 Å². The minimum Gasteiger partial charge on any atom is -0.503 e. The fraction of sp³-hybridized carbons (Fsp3) is 0.111. The van der Waals surface area contributed by atoms with Gasteiger partial charge in [-0.15, -0.1) is 0 Å². The molecule has 0 saturated heterocycles. The molecule has 2 aromatic heterocycles. The van der Waals surface area contributed by atoms with Crippen LogP contribution < -0.4 is 15.0 Å². The molecule has 2 N–H and O–H groups in total. The van der Waals surface area contributed by atoms with Gasteiger partial charge in [-0.2, -0.15) is 0 Å². The summed E-state index contributed by atoms with van der Waals surface area (Å²) in [5.41, 5.74) is 1.57. The molecule has 1 aliphatic rings. The maximum absolute atomic E-state index is 13.7. The van der Waals surface area contributed by atoms with Crippen molar-refractivity contribution in [1.29, 1.82) is 0 Å². The zero-order valence-corrected chi connectivity index (χ0v) is 19.4. The second-order valence-electron chi connectivity index (χ2n) is 8.14. The third kappa shape index (κ3) is 3.86. The van der Waals surface area contributed by atoms with Crippen LogP contribution in [-0.2, 0) is 9.59 Å². The van der Waals surface area contributed by atoms with E-state index < -0.39 is 23.5 Å². The molecule has 0 fully saturated rings. The van der Waals surface area contributed by atoms with E-state index in [4.69, 9.17) is 9.15 Å². The summed E-state index contributed by atoms with van der Waals surface area (Å²) >= 11 is 0. The van der Waals surface area contributed by atoms with Crippen LogP contribution in [0.2, 0.25) is 0 Å². The van der Waals surface area contributed by atoms with E-state index in [9.17, 15) is 19.5 Å². The number of rotatable bonds is 6. The molecule has 2 aromatic carbocycles. The summed E-state index contributed by atoms with van der Waals surface area (Å²) in [5, 5.41) is 14.2. The number of hydrogen-bond donors (Lipinski definition) is 2. The highest BCUT2D eigenvalue weighted by Gasteiger charge is 2.46. The molecule has 2 amide bonds. The molecule has 1 atom stereocenters. The van der Waals surface area contributed by atoms with E-state index >= 15 is 0 Å². The minimum atomic E-state index is -1.01. The molecule has 4 aromatic rings. The van der Waals surface area contributed by atoms with Gasteiger partial charge in [0.2, 0.25) is 11.7 Å². The first-order valence-corrected chi connectivity index (χ1v) is 11.1. The Kier molecular flexibility index (Phi) is 5.73. The van der Waals surface area contributed by atoms with Crippen LogP contribution in [0.4, 0.5) is 11.4 Å². The van der Waals surface area contributed by atoms with Crippen LogP contribution in [-0.4, -0.2) is 34.8 Å². The lowest BCUT2D eigenvalue weighted by Crippen LogP contribution is -2.31. The van der Waals surface area contributed by atoms with Crippen molar-refractivity contribution in [3.63, 3.8) is 0 Å². The molecule has 5 rings (SSSR count). The quantitative estimate of drug-likeness (QED) is 0.385. The zero-order valence-electron chi connectivity index (χ0n) is 19.4. The van der Waals surface area contributed by atoms with Gasteiger partial charge >= 0.3 is 0 Å². The van der Waals surface area contributed by atoms with Crippen molar-refractivity contribution in [3.05, 3.63) is 95.7 Å². The lowest BCUT2D eigenvalue weighted by molar-refractivity contribution is -0.117. The number of furan rings is 1. The van der Waals surface area contributed by atoms with Crippen LogP contribution in [0.15, 0.2) is 88.7 Å².